The molecule has 2 aromatic carbocycles. The van der Waals surface area contributed by atoms with Crippen LogP contribution in [0.2, 0.25) is 0 Å². The summed E-state index contributed by atoms with van der Waals surface area (Å²) in [6.07, 6.45) is 0.862. The molecule has 128 valence electrons. The number of nitrogens with two attached hydrogens (primary N) is 1. The van der Waals surface area contributed by atoms with Crippen LogP contribution in [0.5, 0.6) is 0 Å². The van der Waals surface area contributed by atoms with Crippen molar-refractivity contribution in [3.05, 3.63) is 60.2 Å². The molecule has 0 bridgehead atoms. The van der Waals surface area contributed by atoms with Crippen LogP contribution in [-0.4, -0.2) is 26.5 Å². The molecule has 25 heavy (non-hydrogen) atoms. The number of hydrogen-bond acceptors (Lipinski definition) is 5. The number of aromatic nitrogens is 3. The molecule has 7 heteroatoms. The number of hydrogen-bond donors (Lipinski definition) is 2. The number of aryl methyl sites for hydroxylation is 1. The molecule has 0 aliphatic heterocycles. The van der Waals surface area contributed by atoms with E-state index in [1.54, 1.807) is 0 Å². The minimum Gasteiger partial charge on any atom is -0.335 e. The third-order valence-electron chi connectivity index (χ3n) is 3.70. The van der Waals surface area contributed by atoms with Crippen molar-refractivity contribution in [1.82, 2.24) is 14.9 Å². The van der Waals surface area contributed by atoms with E-state index in [2.05, 4.69) is 22.4 Å². The number of carbonyl (C=O) groups is 1. The molecule has 3 N–H and O–H groups in total. The maximum absolute atomic E-state index is 12.2. The topological polar surface area (TPSA) is 85.8 Å². The van der Waals surface area contributed by atoms with Gasteiger partial charge >= 0.3 is 0 Å². The van der Waals surface area contributed by atoms with E-state index in [-0.39, 0.29) is 11.7 Å². The van der Waals surface area contributed by atoms with E-state index in [0.29, 0.717) is 11.0 Å². The number of anilines is 1. The second-order valence-corrected chi connectivity index (χ2v) is 6.33. The van der Waals surface area contributed by atoms with Gasteiger partial charge in [0.2, 0.25) is 11.1 Å². The Hall–Kier alpha value is -2.80. The summed E-state index contributed by atoms with van der Waals surface area (Å²) in [6.45, 7) is 2.06. The fraction of sp³-hybridized carbons (Fsp3) is 0.167. The summed E-state index contributed by atoms with van der Waals surface area (Å²) in [5.41, 5.74) is 2.83. The van der Waals surface area contributed by atoms with Gasteiger partial charge in [-0.1, -0.05) is 67.2 Å². The lowest BCUT2D eigenvalue weighted by Gasteiger charge is -2.09. The van der Waals surface area contributed by atoms with Crippen LogP contribution >= 0.6 is 11.8 Å². The Bertz CT molecular complexity index is 863. The number of carbonyl (C=O) groups excluding carboxylic acids is 1. The summed E-state index contributed by atoms with van der Waals surface area (Å²) in [4.78, 5) is 12.2. The Morgan fingerprint density at radius 1 is 1.12 bits per heavy atom. The van der Waals surface area contributed by atoms with E-state index in [4.69, 9.17) is 5.84 Å². The van der Waals surface area contributed by atoms with E-state index < -0.39 is 0 Å². The molecule has 0 saturated heterocycles. The van der Waals surface area contributed by atoms with Gasteiger partial charge in [0.1, 0.15) is 0 Å². The molecule has 6 nitrogen and oxygen atoms in total. The van der Waals surface area contributed by atoms with Crippen LogP contribution in [0.15, 0.2) is 59.8 Å². The first-order valence-electron chi connectivity index (χ1n) is 7.95. The number of rotatable bonds is 6. The van der Waals surface area contributed by atoms with Crippen LogP contribution in [0, 0.1) is 0 Å². The molecule has 1 amide bonds. The largest absolute Gasteiger partial charge is 0.335 e. The van der Waals surface area contributed by atoms with Gasteiger partial charge in [-0.15, -0.1) is 10.2 Å². The number of nitrogen functional groups attached to an aromatic ring is 1. The van der Waals surface area contributed by atoms with E-state index in [9.17, 15) is 4.79 Å². The van der Waals surface area contributed by atoms with Crippen molar-refractivity contribution in [3.8, 4) is 11.4 Å². The number of nitrogens with zero attached hydrogens (tertiary/aromatic N) is 3. The number of para-hydroxylation sites is 1. The Labute approximate surface area is 150 Å². The highest BCUT2D eigenvalue weighted by Gasteiger charge is 2.14. The summed E-state index contributed by atoms with van der Waals surface area (Å²) < 4.78 is 1.41. The molecule has 3 rings (SSSR count). The molecule has 3 aromatic rings. The van der Waals surface area contributed by atoms with Crippen molar-refractivity contribution < 1.29 is 4.79 Å². The van der Waals surface area contributed by atoms with Gasteiger partial charge in [-0.25, -0.2) is 4.68 Å². The Balaban J connectivity index is 1.64. The Kier molecular flexibility index (Phi) is 5.35. The highest BCUT2D eigenvalue weighted by atomic mass is 32.2. The molecule has 0 atom stereocenters. The maximum atomic E-state index is 12.2. The van der Waals surface area contributed by atoms with E-state index >= 15 is 0 Å². The zero-order valence-electron chi connectivity index (χ0n) is 13.8. The molecule has 1 heterocycles. The minimum atomic E-state index is -0.102. The van der Waals surface area contributed by atoms with Crippen molar-refractivity contribution in [3.63, 3.8) is 0 Å². The van der Waals surface area contributed by atoms with Crippen molar-refractivity contribution in [2.45, 2.75) is 18.5 Å². The van der Waals surface area contributed by atoms with Gasteiger partial charge in [0.15, 0.2) is 5.82 Å². The predicted molar refractivity (Wildman–Crippen MR) is 101 cm³/mol. The summed E-state index contributed by atoms with van der Waals surface area (Å²) >= 11 is 1.26. The molecule has 0 radical (unpaired) electrons. The highest BCUT2D eigenvalue weighted by Crippen LogP contribution is 2.22. The van der Waals surface area contributed by atoms with Gasteiger partial charge in [0, 0.05) is 11.3 Å². The van der Waals surface area contributed by atoms with Crippen LogP contribution in [0.25, 0.3) is 11.4 Å². The fourth-order valence-corrected chi connectivity index (χ4v) is 3.08. The lowest BCUT2D eigenvalue weighted by atomic mass is 10.1. The van der Waals surface area contributed by atoms with Gasteiger partial charge in [0.05, 0.1) is 5.75 Å². The second-order valence-electron chi connectivity index (χ2n) is 5.39. The van der Waals surface area contributed by atoms with Crippen LogP contribution in [0.4, 0.5) is 5.69 Å². The Morgan fingerprint density at radius 2 is 1.84 bits per heavy atom. The van der Waals surface area contributed by atoms with Gasteiger partial charge in [-0.2, -0.15) is 0 Å². The van der Waals surface area contributed by atoms with Gasteiger partial charge in [0.25, 0.3) is 0 Å². The Morgan fingerprint density at radius 3 is 2.60 bits per heavy atom. The lowest BCUT2D eigenvalue weighted by Crippen LogP contribution is -2.17. The van der Waals surface area contributed by atoms with Crippen molar-refractivity contribution in [1.29, 1.82) is 0 Å². The standard InChI is InChI=1S/C18H19N5OS/c1-2-13-8-6-7-11-15(13)20-16(24)12-25-18-22-21-17(23(18)19)14-9-4-3-5-10-14/h3-11H,2,12,19H2,1H3,(H,20,24). The lowest BCUT2D eigenvalue weighted by molar-refractivity contribution is -0.113. The van der Waals surface area contributed by atoms with Crippen molar-refractivity contribution in [2.75, 3.05) is 16.9 Å². The normalized spacial score (nSPS) is 10.6. The molecule has 0 fully saturated rings. The second kappa shape index (κ2) is 7.85. The van der Waals surface area contributed by atoms with Gasteiger partial charge in [-0.3, -0.25) is 4.79 Å². The fourth-order valence-electron chi connectivity index (χ4n) is 2.43. The van der Waals surface area contributed by atoms with E-state index in [1.165, 1.54) is 16.4 Å². The average Bonchev–Trinajstić information content (AvgIpc) is 3.02. The molecular formula is C18H19N5OS. The summed E-state index contributed by atoms with van der Waals surface area (Å²) in [7, 11) is 0. The first-order valence-corrected chi connectivity index (χ1v) is 8.94. The maximum Gasteiger partial charge on any atom is 0.234 e. The summed E-state index contributed by atoms with van der Waals surface area (Å²) in [6, 6.07) is 17.4. The smallest absolute Gasteiger partial charge is 0.234 e. The van der Waals surface area contributed by atoms with E-state index in [1.807, 2.05) is 54.6 Å². The molecule has 0 saturated carbocycles. The summed E-state index contributed by atoms with van der Waals surface area (Å²) in [5.74, 6) is 6.74. The minimum absolute atomic E-state index is 0.102. The van der Waals surface area contributed by atoms with Crippen molar-refractivity contribution >= 4 is 23.4 Å². The molecule has 0 aliphatic rings. The summed E-state index contributed by atoms with van der Waals surface area (Å²) in [5, 5.41) is 11.6. The third kappa shape index (κ3) is 4.00. The van der Waals surface area contributed by atoms with E-state index in [0.717, 1.165) is 23.2 Å². The first kappa shape index (κ1) is 17.0. The van der Waals surface area contributed by atoms with Crippen LogP contribution in [0.3, 0.4) is 0 Å². The highest BCUT2D eigenvalue weighted by molar-refractivity contribution is 7.99. The monoisotopic (exact) mass is 353 g/mol. The van der Waals surface area contributed by atoms with Crippen LogP contribution in [-0.2, 0) is 11.2 Å². The molecular weight excluding hydrogens is 334 g/mol. The molecule has 0 unspecified atom stereocenters. The van der Waals surface area contributed by atoms with Crippen LogP contribution in [0.1, 0.15) is 12.5 Å². The molecule has 0 spiro atoms. The van der Waals surface area contributed by atoms with Crippen LogP contribution < -0.4 is 11.2 Å². The number of nitrogens with one attached hydrogen (secondary N) is 1. The van der Waals surface area contributed by atoms with Gasteiger partial charge < -0.3 is 11.2 Å². The number of benzene rings is 2. The quantitative estimate of drug-likeness (QED) is 0.526. The van der Waals surface area contributed by atoms with Gasteiger partial charge in [-0.05, 0) is 18.1 Å². The SMILES string of the molecule is CCc1ccccc1NC(=O)CSc1nnc(-c2ccccc2)n1N. The first-order chi connectivity index (χ1) is 12.2. The third-order valence-corrected chi connectivity index (χ3v) is 4.64. The predicted octanol–water partition coefficient (Wildman–Crippen LogP) is 2.95. The van der Waals surface area contributed by atoms with Crippen molar-refractivity contribution in [2.24, 2.45) is 0 Å². The zero-order chi connectivity index (χ0) is 17.6. The molecule has 0 aliphatic carbocycles. The number of amides is 1. The number of thioether (sulfide) groups is 1. The molecule has 1 aromatic heterocycles. The average molecular weight is 353 g/mol. The zero-order valence-corrected chi connectivity index (χ0v) is 14.7.